The van der Waals surface area contributed by atoms with E-state index in [1.165, 1.54) is 0 Å². The van der Waals surface area contributed by atoms with E-state index in [1.54, 1.807) is 18.2 Å². The number of benzene rings is 1. The lowest BCUT2D eigenvalue weighted by molar-refractivity contribution is 0.0935. The number of nitrogens with one attached hydrogen (secondary N) is 2. The highest BCUT2D eigenvalue weighted by atomic mass is 35.5. The predicted octanol–water partition coefficient (Wildman–Crippen LogP) is 2.08. The Hall–Kier alpha value is -1.27. The number of halogens is 1. The van der Waals surface area contributed by atoms with E-state index in [0.29, 0.717) is 30.0 Å². The molecule has 2 rings (SSSR count). The molecule has 0 unspecified atom stereocenters. The van der Waals surface area contributed by atoms with Gasteiger partial charge in [-0.15, -0.1) is 0 Å². The highest BCUT2D eigenvalue weighted by Gasteiger charge is 2.25. The summed E-state index contributed by atoms with van der Waals surface area (Å²) in [5.74, 6) is 0.0407. The molecule has 116 valence electrons. The van der Waals surface area contributed by atoms with Crippen LogP contribution in [0.15, 0.2) is 18.2 Å². The van der Waals surface area contributed by atoms with Gasteiger partial charge in [0.2, 0.25) is 0 Å². The van der Waals surface area contributed by atoms with Crippen LogP contribution in [0.3, 0.4) is 0 Å². The molecule has 0 aliphatic carbocycles. The Morgan fingerprint density at radius 3 is 2.62 bits per heavy atom. The normalized spacial score (nSPS) is 18.2. The van der Waals surface area contributed by atoms with Crippen LogP contribution in [-0.4, -0.2) is 38.4 Å². The van der Waals surface area contributed by atoms with Crippen molar-refractivity contribution in [3.8, 4) is 0 Å². The second kappa shape index (κ2) is 6.66. The van der Waals surface area contributed by atoms with Gasteiger partial charge < -0.3 is 10.6 Å². The highest BCUT2D eigenvalue weighted by Crippen LogP contribution is 2.21. The summed E-state index contributed by atoms with van der Waals surface area (Å²) in [6, 6.07) is 5.01. The van der Waals surface area contributed by atoms with Crippen molar-refractivity contribution in [3.63, 3.8) is 0 Å². The summed E-state index contributed by atoms with van der Waals surface area (Å²) < 4.78 is 22.8. The van der Waals surface area contributed by atoms with Crippen LogP contribution >= 0.6 is 11.6 Å². The van der Waals surface area contributed by atoms with Gasteiger partial charge >= 0.3 is 0 Å². The van der Waals surface area contributed by atoms with Crippen LogP contribution in [0.25, 0.3) is 0 Å². The predicted molar refractivity (Wildman–Crippen MR) is 84.8 cm³/mol. The van der Waals surface area contributed by atoms with Crippen molar-refractivity contribution >= 4 is 33.0 Å². The molecule has 1 saturated heterocycles. The SMILES string of the molecule is CCNc1ccc(Cl)cc1C(=O)NC1CCS(=O)(=O)CC1. The number of carbonyl (C=O) groups is 1. The van der Waals surface area contributed by atoms with Crippen LogP contribution in [0, 0.1) is 0 Å². The monoisotopic (exact) mass is 330 g/mol. The van der Waals surface area contributed by atoms with Crippen molar-refractivity contribution in [1.82, 2.24) is 5.32 Å². The zero-order chi connectivity index (χ0) is 15.5. The first-order valence-corrected chi connectivity index (χ1v) is 9.16. The maximum atomic E-state index is 12.4. The van der Waals surface area contributed by atoms with Gasteiger partial charge in [0, 0.05) is 23.3 Å². The minimum absolute atomic E-state index is 0.102. The number of rotatable bonds is 4. The van der Waals surface area contributed by atoms with E-state index in [0.717, 1.165) is 5.69 Å². The van der Waals surface area contributed by atoms with Gasteiger partial charge in [0.05, 0.1) is 17.1 Å². The van der Waals surface area contributed by atoms with E-state index in [2.05, 4.69) is 10.6 Å². The maximum Gasteiger partial charge on any atom is 0.253 e. The van der Waals surface area contributed by atoms with Gasteiger partial charge in [-0.3, -0.25) is 4.79 Å². The van der Waals surface area contributed by atoms with E-state index in [4.69, 9.17) is 11.6 Å². The molecule has 7 heteroatoms. The maximum absolute atomic E-state index is 12.4. The van der Waals surface area contributed by atoms with E-state index in [-0.39, 0.29) is 23.5 Å². The molecular formula is C14H19ClN2O3S. The Labute approximate surface area is 130 Å². The summed E-state index contributed by atoms with van der Waals surface area (Å²) in [7, 11) is -2.92. The fraction of sp³-hybridized carbons (Fsp3) is 0.500. The van der Waals surface area contributed by atoms with E-state index in [9.17, 15) is 13.2 Å². The number of hydrogen-bond donors (Lipinski definition) is 2. The van der Waals surface area contributed by atoms with Crippen LogP contribution in [-0.2, 0) is 9.84 Å². The standard InChI is InChI=1S/C14H19ClN2O3S/c1-2-16-13-4-3-10(15)9-12(13)14(18)17-11-5-7-21(19,20)8-6-11/h3-4,9,11,16H,2,5-8H2,1H3,(H,17,18). The molecular weight excluding hydrogens is 312 g/mol. The lowest BCUT2D eigenvalue weighted by atomic mass is 10.1. The first-order chi connectivity index (χ1) is 9.91. The Morgan fingerprint density at radius 1 is 1.33 bits per heavy atom. The van der Waals surface area contributed by atoms with Gasteiger partial charge in [0.1, 0.15) is 9.84 Å². The molecule has 1 aliphatic rings. The molecule has 2 N–H and O–H groups in total. The van der Waals surface area contributed by atoms with Gasteiger partial charge in [-0.05, 0) is 38.0 Å². The van der Waals surface area contributed by atoms with Crippen molar-refractivity contribution in [2.75, 3.05) is 23.4 Å². The lowest BCUT2D eigenvalue weighted by Crippen LogP contribution is -2.41. The van der Waals surface area contributed by atoms with Crippen molar-refractivity contribution in [1.29, 1.82) is 0 Å². The first-order valence-electron chi connectivity index (χ1n) is 6.96. The molecule has 5 nitrogen and oxygen atoms in total. The molecule has 1 aromatic carbocycles. The third kappa shape index (κ3) is 4.35. The lowest BCUT2D eigenvalue weighted by Gasteiger charge is -2.23. The molecule has 21 heavy (non-hydrogen) atoms. The first kappa shape index (κ1) is 16.1. The topological polar surface area (TPSA) is 75.3 Å². The van der Waals surface area contributed by atoms with Crippen molar-refractivity contribution in [3.05, 3.63) is 28.8 Å². The van der Waals surface area contributed by atoms with Crippen LogP contribution < -0.4 is 10.6 Å². The van der Waals surface area contributed by atoms with Gasteiger partial charge in [-0.2, -0.15) is 0 Å². The van der Waals surface area contributed by atoms with Crippen LogP contribution in [0.5, 0.6) is 0 Å². The van der Waals surface area contributed by atoms with Gasteiger partial charge in [0.25, 0.3) is 5.91 Å². The molecule has 0 saturated carbocycles. The quantitative estimate of drug-likeness (QED) is 0.886. The zero-order valence-electron chi connectivity index (χ0n) is 11.9. The minimum atomic E-state index is -2.92. The molecule has 1 amide bonds. The molecule has 1 aromatic rings. The van der Waals surface area contributed by atoms with Gasteiger partial charge in [-0.1, -0.05) is 11.6 Å². The summed E-state index contributed by atoms with van der Waals surface area (Å²) in [5, 5.41) is 6.51. The van der Waals surface area contributed by atoms with E-state index >= 15 is 0 Å². The molecule has 0 atom stereocenters. The van der Waals surface area contributed by atoms with E-state index in [1.807, 2.05) is 6.92 Å². The smallest absolute Gasteiger partial charge is 0.253 e. The largest absolute Gasteiger partial charge is 0.385 e. The van der Waals surface area contributed by atoms with Gasteiger partial charge in [-0.25, -0.2) is 8.42 Å². The van der Waals surface area contributed by atoms with Crippen LogP contribution in [0.2, 0.25) is 5.02 Å². The number of hydrogen-bond acceptors (Lipinski definition) is 4. The van der Waals surface area contributed by atoms with Crippen LogP contribution in [0.4, 0.5) is 5.69 Å². The number of sulfone groups is 1. The number of anilines is 1. The molecule has 1 fully saturated rings. The van der Waals surface area contributed by atoms with Crippen molar-refractivity contribution in [2.45, 2.75) is 25.8 Å². The fourth-order valence-corrected chi connectivity index (χ4v) is 4.01. The van der Waals surface area contributed by atoms with Crippen molar-refractivity contribution < 1.29 is 13.2 Å². The summed E-state index contributed by atoms with van der Waals surface area (Å²) >= 11 is 5.95. The number of amides is 1. The molecule has 0 radical (unpaired) electrons. The third-order valence-corrected chi connectivity index (χ3v) is 5.43. The van der Waals surface area contributed by atoms with Crippen molar-refractivity contribution in [2.24, 2.45) is 0 Å². The summed E-state index contributed by atoms with van der Waals surface area (Å²) in [4.78, 5) is 12.4. The Morgan fingerprint density at radius 2 is 2.00 bits per heavy atom. The average Bonchev–Trinajstić information content (AvgIpc) is 2.43. The highest BCUT2D eigenvalue weighted by molar-refractivity contribution is 7.91. The zero-order valence-corrected chi connectivity index (χ0v) is 13.4. The third-order valence-electron chi connectivity index (χ3n) is 3.48. The minimum Gasteiger partial charge on any atom is -0.385 e. The molecule has 1 aliphatic heterocycles. The Balaban J connectivity index is 2.08. The number of carbonyl (C=O) groups excluding carboxylic acids is 1. The molecule has 0 aromatic heterocycles. The van der Waals surface area contributed by atoms with E-state index < -0.39 is 9.84 Å². The second-order valence-corrected chi connectivity index (χ2v) is 7.86. The summed E-state index contributed by atoms with van der Waals surface area (Å²) in [6.07, 6.45) is 0.927. The Kier molecular flexibility index (Phi) is 5.11. The molecule has 1 heterocycles. The summed E-state index contributed by atoms with van der Waals surface area (Å²) in [6.45, 7) is 2.64. The summed E-state index contributed by atoms with van der Waals surface area (Å²) in [5.41, 5.74) is 1.21. The Bertz CT molecular complexity index is 617. The fourth-order valence-electron chi connectivity index (χ4n) is 2.35. The molecule has 0 bridgehead atoms. The van der Waals surface area contributed by atoms with Gasteiger partial charge in [0.15, 0.2) is 0 Å². The van der Waals surface area contributed by atoms with Crippen LogP contribution in [0.1, 0.15) is 30.1 Å². The second-order valence-electron chi connectivity index (χ2n) is 5.12. The average molecular weight is 331 g/mol. The molecule has 0 spiro atoms.